The first-order valence-electron chi connectivity index (χ1n) is 11.1. The van der Waals surface area contributed by atoms with Crippen molar-refractivity contribution in [2.75, 3.05) is 0 Å². The highest BCUT2D eigenvalue weighted by Crippen LogP contribution is 2.38. The number of ether oxygens (including phenoxy) is 2. The molecule has 1 aliphatic carbocycles. The molecule has 1 aliphatic rings. The van der Waals surface area contributed by atoms with E-state index in [1.54, 1.807) is 6.08 Å². The van der Waals surface area contributed by atoms with Gasteiger partial charge < -0.3 is 14.6 Å². The number of carbonyl (C=O) groups excluding carboxylic acids is 1. The summed E-state index contributed by atoms with van der Waals surface area (Å²) in [7, 11) is 0. The van der Waals surface area contributed by atoms with Crippen molar-refractivity contribution >= 4 is 12.0 Å². The van der Waals surface area contributed by atoms with Crippen molar-refractivity contribution in [2.45, 2.75) is 70.7 Å². The molecule has 4 nitrogen and oxygen atoms in total. The fourth-order valence-corrected chi connectivity index (χ4v) is 4.06. The lowest BCUT2D eigenvalue weighted by atomic mass is 9.82. The van der Waals surface area contributed by atoms with Gasteiger partial charge in [-0.05, 0) is 62.8 Å². The molecule has 0 radical (unpaired) electrons. The third kappa shape index (κ3) is 7.25. The molecule has 0 heterocycles. The number of carbonyl (C=O) groups is 1. The van der Waals surface area contributed by atoms with E-state index in [4.69, 9.17) is 9.47 Å². The monoisotopic (exact) mass is 422 g/mol. The third-order valence-corrected chi connectivity index (χ3v) is 5.58. The Balaban J connectivity index is 1.71. The molecule has 1 atom stereocenters. The Bertz CT molecular complexity index is 876. The van der Waals surface area contributed by atoms with Crippen molar-refractivity contribution in [1.82, 2.24) is 0 Å². The molecule has 0 aromatic heterocycles. The highest BCUT2D eigenvalue weighted by Gasteiger charge is 2.39. The fraction of sp³-hybridized carbons (Fsp3) is 0.444. The van der Waals surface area contributed by atoms with Gasteiger partial charge in [0.05, 0.1) is 12.0 Å². The number of hydrogen-bond donors (Lipinski definition) is 1. The summed E-state index contributed by atoms with van der Waals surface area (Å²) in [5.74, 6) is 0.461. The fourth-order valence-electron chi connectivity index (χ4n) is 4.06. The van der Waals surface area contributed by atoms with Gasteiger partial charge in [0.25, 0.3) is 0 Å². The van der Waals surface area contributed by atoms with Crippen LogP contribution in [0.1, 0.15) is 64.0 Å². The molecular weight excluding hydrogens is 388 g/mol. The third-order valence-electron chi connectivity index (χ3n) is 5.58. The number of esters is 1. The van der Waals surface area contributed by atoms with Gasteiger partial charge >= 0.3 is 5.97 Å². The summed E-state index contributed by atoms with van der Waals surface area (Å²) in [6, 6.07) is 17.8. The molecule has 31 heavy (non-hydrogen) atoms. The zero-order valence-electron chi connectivity index (χ0n) is 18.8. The maximum atomic E-state index is 12.5. The van der Waals surface area contributed by atoms with Crippen LogP contribution in [0.25, 0.3) is 6.08 Å². The summed E-state index contributed by atoms with van der Waals surface area (Å²) in [6.45, 7) is 6.03. The molecule has 3 rings (SSSR count). The molecule has 1 N–H and O–H groups in total. The average molecular weight is 423 g/mol. The van der Waals surface area contributed by atoms with Crippen molar-refractivity contribution in [1.29, 1.82) is 0 Å². The van der Waals surface area contributed by atoms with Gasteiger partial charge in [-0.1, -0.05) is 67.5 Å². The molecule has 0 amide bonds. The van der Waals surface area contributed by atoms with E-state index in [2.05, 4.69) is 0 Å². The normalized spacial score (nSPS) is 16.9. The van der Waals surface area contributed by atoms with E-state index in [0.29, 0.717) is 6.61 Å². The Morgan fingerprint density at radius 3 is 2.45 bits per heavy atom. The SMILES string of the molecule is CC(C)(C)OC(=O)C[C@@](O)(C=Cc1cccc(OCc2ccccc2)c1)C1CCCC1. The summed E-state index contributed by atoms with van der Waals surface area (Å²) in [4.78, 5) is 12.5. The smallest absolute Gasteiger partial charge is 0.309 e. The van der Waals surface area contributed by atoms with Crippen LogP contribution in [-0.2, 0) is 16.1 Å². The predicted octanol–water partition coefficient (Wildman–Crippen LogP) is 5.93. The molecule has 166 valence electrons. The number of benzene rings is 2. The van der Waals surface area contributed by atoms with Gasteiger partial charge in [-0.25, -0.2) is 0 Å². The minimum atomic E-state index is -1.21. The Morgan fingerprint density at radius 1 is 1.06 bits per heavy atom. The lowest BCUT2D eigenvalue weighted by Gasteiger charge is -2.31. The van der Waals surface area contributed by atoms with Gasteiger partial charge in [0.15, 0.2) is 0 Å². The average Bonchev–Trinajstić information content (AvgIpc) is 3.26. The molecule has 0 bridgehead atoms. The van der Waals surface area contributed by atoms with E-state index in [1.165, 1.54) is 0 Å². The highest BCUT2D eigenvalue weighted by atomic mass is 16.6. The first-order valence-corrected chi connectivity index (χ1v) is 11.1. The van der Waals surface area contributed by atoms with Gasteiger partial charge in [-0.15, -0.1) is 0 Å². The molecule has 1 saturated carbocycles. The van der Waals surface area contributed by atoms with Gasteiger partial charge in [0, 0.05) is 0 Å². The van der Waals surface area contributed by atoms with Crippen LogP contribution in [0.15, 0.2) is 60.7 Å². The van der Waals surface area contributed by atoms with Crippen LogP contribution in [0.4, 0.5) is 0 Å². The molecular formula is C27H34O4. The lowest BCUT2D eigenvalue weighted by molar-refractivity contribution is -0.160. The zero-order chi connectivity index (χ0) is 22.3. The Kier molecular flexibility index (Phi) is 7.55. The van der Waals surface area contributed by atoms with Crippen molar-refractivity contribution in [3.05, 3.63) is 71.8 Å². The van der Waals surface area contributed by atoms with Crippen LogP contribution < -0.4 is 4.74 Å². The molecule has 0 aliphatic heterocycles. The van der Waals surface area contributed by atoms with Crippen LogP contribution in [-0.4, -0.2) is 22.3 Å². The number of rotatable bonds is 8. The van der Waals surface area contributed by atoms with Crippen molar-refractivity contribution < 1.29 is 19.4 Å². The molecule has 0 spiro atoms. The van der Waals surface area contributed by atoms with E-state index in [-0.39, 0.29) is 18.3 Å². The Morgan fingerprint density at radius 2 is 1.77 bits per heavy atom. The maximum absolute atomic E-state index is 12.5. The Labute approximate surface area is 185 Å². The standard InChI is InChI=1S/C27H34O4/c1-26(2,3)31-25(28)19-27(29,23-13-7-8-14-23)17-16-21-12-9-15-24(18-21)30-20-22-10-5-4-6-11-22/h4-6,9-12,15-18,23,29H,7-8,13-14,19-20H2,1-3H3/t27-/m0/s1. The maximum Gasteiger partial charge on any atom is 0.309 e. The van der Waals surface area contributed by atoms with Crippen molar-refractivity contribution in [3.63, 3.8) is 0 Å². The zero-order valence-corrected chi connectivity index (χ0v) is 18.8. The summed E-state index contributed by atoms with van der Waals surface area (Å²) in [5.41, 5.74) is 0.254. The number of hydrogen-bond acceptors (Lipinski definition) is 4. The van der Waals surface area contributed by atoms with E-state index >= 15 is 0 Å². The molecule has 1 fully saturated rings. The highest BCUT2D eigenvalue weighted by molar-refractivity contribution is 5.72. The second-order valence-corrected chi connectivity index (χ2v) is 9.42. The second-order valence-electron chi connectivity index (χ2n) is 9.42. The van der Waals surface area contributed by atoms with Gasteiger partial charge in [-0.2, -0.15) is 0 Å². The van der Waals surface area contributed by atoms with E-state index in [1.807, 2.05) is 81.4 Å². The summed E-state index contributed by atoms with van der Waals surface area (Å²) in [5, 5.41) is 11.4. The molecule has 4 heteroatoms. The van der Waals surface area contributed by atoms with E-state index in [9.17, 15) is 9.90 Å². The van der Waals surface area contributed by atoms with Gasteiger partial charge in [-0.3, -0.25) is 4.79 Å². The van der Waals surface area contributed by atoms with Crippen LogP contribution >= 0.6 is 0 Å². The first kappa shape index (κ1) is 23.1. The summed E-state index contributed by atoms with van der Waals surface area (Å²) >= 11 is 0. The molecule has 0 saturated heterocycles. The molecule has 2 aromatic rings. The number of aliphatic hydroxyl groups is 1. The van der Waals surface area contributed by atoms with E-state index in [0.717, 1.165) is 42.6 Å². The van der Waals surface area contributed by atoms with Crippen LogP contribution in [0.5, 0.6) is 5.75 Å². The van der Waals surface area contributed by atoms with Crippen LogP contribution in [0.2, 0.25) is 0 Å². The second kappa shape index (κ2) is 10.1. The van der Waals surface area contributed by atoms with Crippen molar-refractivity contribution in [3.8, 4) is 5.75 Å². The minimum absolute atomic E-state index is 0.0321. The summed E-state index contributed by atoms with van der Waals surface area (Å²) < 4.78 is 11.4. The minimum Gasteiger partial charge on any atom is -0.489 e. The Hall–Kier alpha value is -2.59. The quantitative estimate of drug-likeness (QED) is 0.536. The summed E-state index contributed by atoms with van der Waals surface area (Å²) in [6.07, 6.45) is 7.64. The first-order chi connectivity index (χ1) is 14.7. The van der Waals surface area contributed by atoms with Crippen LogP contribution in [0.3, 0.4) is 0 Å². The topological polar surface area (TPSA) is 55.8 Å². The van der Waals surface area contributed by atoms with Crippen molar-refractivity contribution in [2.24, 2.45) is 5.92 Å². The lowest BCUT2D eigenvalue weighted by Crippen LogP contribution is -2.39. The predicted molar refractivity (Wildman–Crippen MR) is 124 cm³/mol. The molecule has 2 aromatic carbocycles. The molecule has 0 unspecified atom stereocenters. The van der Waals surface area contributed by atoms with E-state index < -0.39 is 11.2 Å². The van der Waals surface area contributed by atoms with Gasteiger partial charge in [0.1, 0.15) is 18.0 Å². The van der Waals surface area contributed by atoms with Crippen LogP contribution in [0, 0.1) is 5.92 Å². The largest absolute Gasteiger partial charge is 0.489 e. The van der Waals surface area contributed by atoms with Gasteiger partial charge in [0.2, 0.25) is 0 Å².